The van der Waals surface area contributed by atoms with Crippen LogP contribution in [-0.4, -0.2) is 25.2 Å². The predicted octanol–water partition coefficient (Wildman–Crippen LogP) is 2.53. The standard InChI is InChI=1S/C13H19NO2S/c1-3-11-9(2)17-8-12(11)13(15)14-7-10-5-4-6-16-10/h8,10H,3-7H2,1-2H3,(H,14,15)/t10-/m1/s1. The Morgan fingerprint density at radius 1 is 1.65 bits per heavy atom. The van der Waals surface area contributed by atoms with Gasteiger partial charge in [-0.05, 0) is 31.7 Å². The van der Waals surface area contributed by atoms with E-state index in [2.05, 4.69) is 19.2 Å². The van der Waals surface area contributed by atoms with Gasteiger partial charge in [-0.15, -0.1) is 11.3 Å². The molecule has 1 saturated heterocycles. The van der Waals surface area contributed by atoms with Crippen molar-refractivity contribution in [2.45, 2.75) is 39.2 Å². The highest BCUT2D eigenvalue weighted by Gasteiger charge is 2.18. The van der Waals surface area contributed by atoms with Gasteiger partial charge in [-0.3, -0.25) is 4.79 Å². The highest BCUT2D eigenvalue weighted by atomic mass is 32.1. The minimum atomic E-state index is 0.0432. The van der Waals surface area contributed by atoms with Gasteiger partial charge in [0.1, 0.15) is 0 Å². The molecule has 2 heterocycles. The third-order valence-electron chi connectivity index (χ3n) is 3.22. The van der Waals surface area contributed by atoms with Crippen LogP contribution >= 0.6 is 11.3 Å². The van der Waals surface area contributed by atoms with E-state index in [4.69, 9.17) is 4.74 Å². The van der Waals surface area contributed by atoms with Gasteiger partial charge in [0.15, 0.2) is 0 Å². The largest absolute Gasteiger partial charge is 0.376 e. The Kier molecular flexibility index (Phi) is 4.18. The maximum absolute atomic E-state index is 12.0. The van der Waals surface area contributed by atoms with Crippen LogP contribution < -0.4 is 5.32 Å². The minimum Gasteiger partial charge on any atom is -0.376 e. The maximum Gasteiger partial charge on any atom is 0.252 e. The summed E-state index contributed by atoms with van der Waals surface area (Å²) in [7, 11) is 0. The molecule has 17 heavy (non-hydrogen) atoms. The van der Waals surface area contributed by atoms with Crippen LogP contribution in [0.3, 0.4) is 0 Å². The van der Waals surface area contributed by atoms with Crippen molar-refractivity contribution in [3.8, 4) is 0 Å². The van der Waals surface area contributed by atoms with Gasteiger partial charge in [-0.2, -0.15) is 0 Å². The Labute approximate surface area is 106 Å². The topological polar surface area (TPSA) is 38.3 Å². The molecule has 1 fully saturated rings. The first-order valence-corrected chi connectivity index (χ1v) is 7.07. The average Bonchev–Trinajstić information content (AvgIpc) is 2.94. The van der Waals surface area contributed by atoms with Gasteiger partial charge in [-0.1, -0.05) is 6.92 Å². The molecule has 0 bridgehead atoms. The normalized spacial score (nSPS) is 19.5. The lowest BCUT2D eigenvalue weighted by Gasteiger charge is -2.11. The summed E-state index contributed by atoms with van der Waals surface area (Å²) in [6.07, 6.45) is 3.30. The molecule has 1 aromatic heterocycles. The third-order valence-corrected chi connectivity index (χ3v) is 4.17. The van der Waals surface area contributed by atoms with Crippen LogP contribution in [0.5, 0.6) is 0 Å². The van der Waals surface area contributed by atoms with Gasteiger partial charge < -0.3 is 10.1 Å². The van der Waals surface area contributed by atoms with Crippen molar-refractivity contribution in [3.05, 3.63) is 21.4 Å². The van der Waals surface area contributed by atoms with E-state index in [9.17, 15) is 4.79 Å². The molecule has 0 unspecified atom stereocenters. The summed E-state index contributed by atoms with van der Waals surface area (Å²) in [5.41, 5.74) is 2.02. The molecule has 1 atom stereocenters. The van der Waals surface area contributed by atoms with Gasteiger partial charge in [-0.25, -0.2) is 0 Å². The molecule has 0 aromatic carbocycles. The van der Waals surface area contributed by atoms with Crippen LogP contribution in [-0.2, 0) is 11.2 Å². The van der Waals surface area contributed by atoms with Crippen molar-refractivity contribution in [1.82, 2.24) is 5.32 Å². The van der Waals surface area contributed by atoms with Crippen molar-refractivity contribution >= 4 is 17.2 Å². The number of carbonyl (C=O) groups excluding carboxylic acids is 1. The number of thiophene rings is 1. The number of ether oxygens (including phenoxy) is 1. The molecule has 4 heteroatoms. The highest BCUT2D eigenvalue weighted by molar-refractivity contribution is 7.10. The Balaban J connectivity index is 1.94. The van der Waals surface area contributed by atoms with Crippen LogP contribution in [0.15, 0.2) is 5.38 Å². The summed E-state index contributed by atoms with van der Waals surface area (Å²) in [5, 5.41) is 4.93. The third kappa shape index (κ3) is 2.87. The Morgan fingerprint density at radius 2 is 2.47 bits per heavy atom. The number of hydrogen-bond donors (Lipinski definition) is 1. The molecule has 1 aromatic rings. The fourth-order valence-electron chi connectivity index (χ4n) is 2.22. The quantitative estimate of drug-likeness (QED) is 0.895. The van der Waals surface area contributed by atoms with Crippen LogP contribution in [0, 0.1) is 6.92 Å². The van der Waals surface area contributed by atoms with Gasteiger partial charge >= 0.3 is 0 Å². The zero-order valence-electron chi connectivity index (χ0n) is 10.4. The first kappa shape index (κ1) is 12.6. The zero-order valence-corrected chi connectivity index (χ0v) is 11.2. The van der Waals surface area contributed by atoms with Crippen molar-refractivity contribution < 1.29 is 9.53 Å². The van der Waals surface area contributed by atoms with Crippen LogP contribution in [0.25, 0.3) is 0 Å². The van der Waals surface area contributed by atoms with E-state index in [-0.39, 0.29) is 12.0 Å². The van der Waals surface area contributed by atoms with E-state index in [1.807, 2.05) is 5.38 Å². The van der Waals surface area contributed by atoms with E-state index in [1.165, 1.54) is 10.4 Å². The number of rotatable bonds is 4. The van der Waals surface area contributed by atoms with E-state index >= 15 is 0 Å². The molecule has 94 valence electrons. The predicted molar refractivity (Wildman–Crippen MR) is 69.7 cm³/mol. The molecule has 0 saturated carbocycles. The molecule has 1 N–H and O–H groups in total. The number of nitrogens with one attached hydrogen (secondary N) is 1. The molecular weight excluding hydrogens is 234 g/mol. The molecular formula is C13H19NO2S. The monoisotopic (exact) mass is 253 g/mol. The molecule has 0 radical (unpaired) electrons. The number of carbonyl (C=O) groups is 1. The van der Waals surface area contributed by atoms with Gasteiger partial charge in [0.2, 0.25) is 0 Å². The number of hydrogen-bond acceptors (Lipinski definition) is 3. The first-order chi connectivity index (χ1) is 8.22. The summed E-state index contributed by atoms with van der Waals surface area (Å²) in [6, 6.07) is 0. The van der Waals surface area contributed by atoms with E-state index < -0.39 is 0 Å². The summed E-state index contributed by atoms with van der Waals surface area (Å²) < 4.78 is 5.49. The summed E-state index contributed by atoms with van der Waals surface area (Å²) >= 11 is 1.65. The molecule has 3 nitrogen and oxygen atoms in total. The molecule has 1 amide bonds. The fourth-order valence-corrected chi connectivity index (χ4v) is 3.16. The SMILES string of the molecule is CCc1c(C(=O)NC[C@H]2CCCO2)csc1C. The van der Waals surface area contributed by atoms with Crippen molar-refractivity contribution in [1.29, 1.82) is 0 Å². The summed E-state index contributed by atoms with van der Waals surface area (Å²) in [6.45, 7) is 5.63. The molecule has 0 spiro atoms. The second-order valence-corrected chi connectivity index (χ2v) is 5.47. The Bertz CT molecular complexity index is 394. The van der Waals surface area contributed by atoms with Crippen LogP contribution in [0.4, 0.5) is 0 Å². The molecule has 1 aliphatic rings. The minimum absolute atomic E-state index is 0.0432. The van der Waals surface area contributed by atoms with Crippen molar-refractivity contribution in [2.24, 2.45) is 0 Å². The van der Waals surface area contributed by atoms with E-state index in [1.54, 1.807) is 11.3 Å². The van der Waals surface area contributed by atoms with Crippen molar-refractivity contribution in [2.75, 3.05) is 13.2 Å². The highest BCUT2D eigenvalue weighted by Crippen LogP contribution is 2.22. The molecule has 1 aliphatic heterocycles. The van der Waals surface area contributed by atoms with E-state index in [0.29, 0.717) is 6.54 Å². The second-order valence-electron chi connectivity index (χ2n) is 4.38. The fraction of sp³-hybridized carbons (Fsp3) is 0.615. The second kappa shape index (κ2) is 5.65. The smallest absolute Gasteiger partial charge is 0.252 e. The zero-order chi connectivity index (χ0) is 12.3. The number of aryl methyl sites for hydroxylation is 1. The summed E-state index contributed by atoms with van der Waals surface area (Å²) in [5.74, 6) is 0.0432. The Hall–Kier alpha value is -0.870. The molecule has 0 aliphatic carbocycles. The lowest BCUT2D eigenvalue weighted by Crippen LogP contribution is -2.32. The van der Waals surface area contributed by atoms with Crippen LogP contribution in [0.2, 0.25) is 0 Å². The van der Waals surface area contributed by atoms with Crippen LogP contribution in [0.1, 0.15) is 40.6 Å². The molecule has 2 rings (SSSR count). The van der Waals surface area contributed by atoms with Crippen molar-refractivity contribution in [3.63, 3.8) is 0 Å². The number of amides is 1. The lowest BCUT2D eigenvalue weighted by atomic mass is 10.1. The van der Waals surface area contributed by atoms with Gasteiger partial charge in [0, 0.05) is 23.4 Å². The van der Waals surface area contributed by atoms with Gasteiger partial charge in [0.05, 0.1) is 11.7 Å². The van der Waals surface area contributed by atoms with E-state index in [0.717, 1.165) is 31.4 Å². The summed E-state index contributed by atoms with van der Waals surface area (Å²) in [4.78, 5) is 13.3. The maximum atomic E-state index is 12.0. The lowest BCUT2D eigenvalue weighted by molar-refractivity contribution is 0.0857. The van der Waals surface area contributed by atoms with Gasteiger partial charge in [0.25, 0.3) is 5.91 Å². The average molecular weight is 253 g/mol. The first-order valence-electron chi connectivity index (χ1n) is 6.19. The Morgan fingerprint density at radius 3 is 3.12 bits per heavy atom.